The number of piperidine rings is 1. The Bertz CT molecular complexity index is 1210. The summed E-state index contributed by atoms with van der Waals surface area (Å²) in [5, 5.41) is 5.99. The highest BCUT2D eigenvalue weighted by Crippen LogP contribution is 2.30. The molecule has 1 atom stereocenters. The summed E-state index contributed by atoms with van der Waals surface area (Å²) >= 11 is 0. The number of para-hydroxylation sites is 2. The molecule has 1 fully saturated rings. The van der Waals surface area contributed by atoms with Crippen LogP contribution in [-0.4, -0.2) is 48.2 Å². The predicted octanol–water partition coefficient (Wildman–Crippen LogP) is 3.79. The van der Waals surface area contributed by atoms with E-state index in [4.69, 9.17) is 4.74 Å². The number of nitrogens with zero attached hydrogens (tertiary/aromatic N) is 2. The Balaban J connectivity index is 1.56. The molecule has 9 heteroatoms. The van der Waals surface area contributed by atoms with E-state index in [1.54, 1.807) is 24.8 Å². The van der Waals surface area contributed by atoms with Crippen molar-refractivity contribution in [3.63, 3.8) is 0 Å². The van der Waals surface area contributed by atoms with Crippen LogP contribution in [0.3, 0.4) is 0 Å². The summed E-state index contributed by atoms with van der Waals surface area (Å²) in [5.74, 6) is -2.00. The molecule has 2 aliphatic rings. The third-order valence-corrected chi connectivity index (χ3v) is 5.96. The number of likely N-dealkylation sites (tertiary alicyclic amines) is 1. The van der Waals surface area contributed by atoms with Crippen molar-refractivity contribution in [1.82, 2.24) is 10.2 Å². The molecule has 0 aromatic heterocycles. The number of carbonyl (C=O) groups is 3. The van der Waals surface area contributed by atoms with Gasteiger partial charge >= 0.3 is 5.97 Å². The van der Waals surface area contributed by atoms with Crippen LogP contribution in [0, 0.1) is 11.7 Å². The summed E-state index contributed by atoms with van der Waals surface area (Å²) in [5.41, 5.74) is 2.28. The molecule has 2 N–H and O–H groups in total. The quantitative estimate of drug-likeness (QED) is 0.652. The van der Waals surface area contributed by atoms with Crippen molar-refractivity contribution < 1.29 is 23.5 Å². The van der Waals surface area contributed by atoms with Crippen molar-refractivity contribution in [1.29, 1.82) is 0 Å². The number of rotatable bonds is 4. The molecular weight excluding hydrogens is 451 g/mol. The van der Waals surface area contributed by atoms with Crippen LogP contribution in [0.2, 0.25) is 0 Å². The number of benzene rings is 2. The lowest BCUT2D eigenvalue weighted by atomic mass is 9.96. The second kappa shape index (κ2) is 10.5. The predicted molar refractivity (Wildman–Crippen MR) is 130 cm³/mol. The first kappa shape index (κ1) is 24.1. The number of esters is 1. The molecule has 1 saturated heterocycles. The van der Waals surface area contributed by atoms with Gasteiger partial charge in [-0.1, -0.05) is 12.1 Å². The Labute approximate surface area is 202 Å². The molecule has 8 nitrogen and oxygen atoms in total. The largest absolute Gasteiger partial charge is 0.462 e. The monoisotopic (exact) mass is 478 g/mol. The van der Waals surface area contributed by atoms with E-state index in [-0.39, 0.29) is 36.4 Å². The van der Waals surface area contributed by atoms with Gasteiger partial charge in [0.15, 0.2) is 0 Å². The number of amidine groups is 1. The highest BCUT2D eigenvalue weighted by molar-refractivity contribution is 6.24. The number of nitrogens with one attached hydrogen (secondary N) is 2. The van der Waals surface area contributed by atoms with Crippen molar-refractivity contribution in [3.8, 4) is 0 Å². The number of hydrogen-bond acceptors (Lipinski definition) is 6. The zero-order valence-corrected chi connectivity index (χ0v) is 19.6. The number of allylic oxidation sites excluding steroid dienone is 1. The Kier molecular flexibility index (Phi) is 7.24. The maximum Gasteiger partial charge on any atom is 0.343 e. The van der Waals surface area contributed by atoms with Gasteiger partial charge in [-0.3, -0.25) is 9.59 Å². The van der Waals surface area contributed by atoms with Crippen LogP contribution in [0.1, 0.15) is 37.0 Å². The first-order valence-corrected chi connectivity index (χ1v) is 11.6. The van der Waals surface area contributed by atoms with E-state index in [0.717, 1.165) is 0 Å². The first-order valence-electron chi connectivity index (χ1n) is 11.6. The molecule has 0 bridgehead atoms. The maximum absolute atomic E-state index is 13.3. The number of ether oxygens (including phenoxy) is 1. The van der Waals surface area contributed by atoms with Crippen LogP contribution in [0.15, 0.2) is 64.8 Å². The maximum atomic E-state index is 13.3. The van der Waals surface area contributed by atoms with Gasteiger partial charge in [-0.05, 0) is 63.1 Å². The van der Waals surface area contributed by atoms with Crippen LogP contribution < -0.4 is 10.6 Å². The highest BCUT2D eigenvalue weighted by Gasteiger charge is 2.32. The molecule has 2 heterocycles. The molecule has 35 heavy (non-hydrogen) atoms. The van der Waals surface area contributed by atoms with Crippen LogP contribution >= 0.6 is 0 Å². The number of aliphatic imine (C=N–C) groups is 1. The molecule has 182 valence electrons. The lowest BCUT2D eigenvalue weighted by Crippen LogP contribution is -2.47. The van der Waals surface area contributed by atoms with Crippen LogP contribution in [0.4, 0.5) is 15.8 Å². The molecule has 0 radical (unpaired) electrons. The fourth-order valence-corrected chi connectivity index (χ4v) is 4.21. The van der Waals surface area contributed by atoms with E-state index < -0.39 is 17.7 Å². The number of carbonyl (C=O) groups excluding carboxylic acids is 3. The summed E-state index contributed by atoms with van der Waals surface area (Å²) in [4.78, 5) is 45.1. The first-order chi connectivity index (χ1) is 16.9. The standard InChI is InChI=1S/C26H27FN4O4/c1-3-35-26(34)22-16(2)28-20-8-4-5-9-21(20)29-23(22)30-24(32)18-7-6-14-31(15-18)25(33)17-10-12-19(27)13-11-17/h4-5,8-13,18,28H,3,6-7,14-15H2,1-2H3,(H,29,30,32). The second-order valence-electron chi connectivity index (χ2n) is 8.41. The molecule has 0 spiro atoms. The minimum atomic E-state index is -0.596. The molecule has 1 unspecified atom stereocenters. The Morgan fingerprint density at radius 1 is 1.17 bits per heavy atom. The van der Waals surface area contributed by atoms with Crippen LogP contribution in [-0.2, 0) is 14.3 Å². The van der Waals surface area contributed by atoms with Crippen molar-refractivity contribution >= 4 is 35.0 Å². The fraction of sp³-hybridized carbons (Fsp3) is 0.308. The van der Waals surface area contributed by atoms with Gasteiger partial charge in [0.1, 0.15) is 17.2 Å². The number of hydrogen-bond donors (Lipinski definition) is 2. The Morgan fingerprint density at radius 2 is 1.91 bits per heavy atom. The molecule has 2 aromatic carbocycles. The average molecular weight is 479 g/mol. The number of anilines is 1. The Hall–Kier alpha value is -4.01. The molecular formula is C26H27FN4O4. The summed E-state index contributed by atoms with van der Waals surface area (Å²) in [6.07, 6.45) is 1.22. The second-order valence-corrected chi connectivity index (χ2v) is 8.41. The van der Waals surface area contributed by atoms with Gasteiger partial charge in [-0.15, -0.1) is 0 Å². The van der Waals surface area contributed by atoms with E-state index >= 15 is 0 Å². The van der Waals surface area contributed by atoms with E-state index in [1.165, 1.54) is 24.3 Å². The smallest absolute Gasteiger partial charge is 0.343 e. The van der Waals surface area contributed by atoms with Gasteiger partial charge in [0.05, 0.1) is 23.9 Å². The van der Waals surface area contributed by atoms with Gasteiger partial charge in [0.2, 0.25) is 5.91 Å². The number of amides is 2. The fourth-order valence-electron chi connectivity index (χ4n) is 4.21. The van der Waals surface area contributed by atoms with Gasteiger partial charge in [-0.2, -0.15) is 0 Å². The zero-order valence-electron chi connectivity index (χ0n) is 19.6. The minimum absolute atomic E-state index is 0.102. The molecule has 2 aliphatic heterocycles. The number of fused-ring (bicyclic) bond motifs is 1. The van der Waals surface area contributed by atoms with Gasteiger partial charge in [0.25, 0.3) is 5.91 Å². The average Bonchev–Trinajstić information content (AvgIpc) is 2.99. The van der Waals surface area contributed by atoms with E-state index in [9.17, 15) is 18.8 Å². The summed E-state index contributed by atoms with van der Waals surface area (Å²) in [6, 6.07) is 12.6. The Morgan fingerprint density at radius 3 is 2.66 bits per heavy atom. The summed E-state index contributed by atoms with van der Waals surface area (Å²) < 4.78 is 18.5. The normalized spacial score (nSPS) is 17.5. The van der Waals surface area contributed by atoms with E-state index in [1.807, 2.05) is 18.2 Å². The van der Waals surface area contributed by atoms with Crippen molar-refractivity contribution in [2.45, 2.75) is 26.7 Å². The molecule has 0 saturated carbocycles. The number of halogens is 1. The van der Waals surface area contributed by atoms with Crippen molar-refractivity contribution in [2.24, 2.45) is 10.9 Å². The lowest BCUT2D eigenvalue weighted by molar-refractivity contribution is -0.137. The molecule has 4 rings (SSSR count). The minimum Gasteiger partial charge on any atom is -0.462 e. The molecule has 2 aromatic rings. The van der Waals surface area contributed by atoms with Gasteiger partial charge < -0.3 is 20.3 Å². The summed E-state index contributed by atoms with van der Waals surface area (Å²) in [6.45, 7) is 4.32. The molecule has 0 aliphatic carbocycles. The van der Waals surface area contributed by atoms with Crippen LogP contribution in [0.5, 0.6) is 0 Å². The van der Waals surface area contributed by atoms with Gasteiger partial charge in [-0.25, -0.2) is 14.2 Å². The third kappa shape index (κ3) is 5.40. The van der Waals surface area contributed by atoms with Gasteiger partial charge in [0, 0.05) is 24.4 Å². The van der Waals surface area contributed by atoms with E-state index in [0.29, 0.717) is 42.0 Å². The lowest BCUT2D eigenvalue weighted by Gasteiger charge is -2.32. The van der Waals surface area contributed by atoms with Crippen LogP contribution in [0.25, 0.3) is 0 Å². The summed E-state index contributed by atoms with van der Waals surface area (Å²) in [7, 11) is 0. The SMILES string of the molecule is CCOC(=O)C1=C(C)Nc2ccccc2N=C1NC(=O)C1CCCN(C(=O)c2ccc(F)cc2)C1. The molecule has 2 amide bonds. The zero-order chi connectivity index (χ0) is 24.9. The van der Waals surface area contributed by atoms with E-state index in [2.05, 4.69) is 15.6 Å². The highest BCUT2D eigenvalue weighted by atomic mass is 19.1. The topological polar surface area (TPSA) is 100 Å². The van der Waals surface area contributed by atoms with Crippen molar-refractivity contribution in [2.75, 3.05) is 25.0 Å². The third-order valence-electron chi connectivity index (χ3n) is 5.96. The van der Waals surface area contributed by atoms with Crippen molar-refractivity contribution in [3.05, 3.63) is 71.2 Å².